The number of methoxy groups -OCH3 is 1. The van der Waals surface area contributed by atoms with Gasteiger partial charge in [-0.15, -0.1) is 0 Å². The molecular formula is C25H26N2O4S. The number of hydrogen-bond acceptors (Lipinski definition) is 4. The molecule has 32 heavy (non-hydrogen) atoms. The van der Waals surface area contributed by atoms with E-state index in [2.05, 4.69) is 11.4 Å². The fraction of sp³-hybridized carbons (Fsp3) is 0.240. The van der Waals surface area contributed by atoms with Gasteiger partial charge in [0.05, 0.1) is 23.7 Å². The van der Waals surface area contributed by atoms with Gasteiger partial charge in [-0.25, -0.2) is 8.42 Å². The van der Waals surface area contributed by atoms with Gasteiger partial charge in [-0.05, 0) is 66.8 Å². The second-order valence-electron chi connectivity index (χ2n) is 7.73. The van der Waals surface area contributed by atoms with Crippen molar-refractivity contribution in [2.75, 3.05) is 18.0 Å². The first-order chi connectivity index (χ1) is 15.5. The SMILES string of the molecule is COc1ccc(N(CC(=O)N[C@@H]2CCCc3ccccc32)S(=O)(=O)c2ccccc2)cc1. The van der Waals surface area contributed by atoms with Crippen molar-refractivity contribution in [1.29, 1.82) is 0 Å². The summed E-state index contributed by atoms with van der Waals surface area (Å²) in [6.07, 6.45) is 2.80. The molecule has 0 heterocycles. The molecule has 0 saturated heterocycles. The van der Waals surface area contributed by atoms with Crippen LogP contribution in [0.15, 0.2) is 83.8 Å². The predicted octanol–water partition coefficient (Wildman–Crippen LogP) is 4.08. The minimum Gasteiger partial charge on any atom is -0.497 e. The van der Waals surface area contributed by atoms with Crippen molar-refractivity contribution in [2.45, 2.75) is 30.2 Å². The number of carbonyl (C=O) groups is 1. The topological polar surface area (TPSA) is 75.7 Å². The van der Waals surface area contributed by atoms with Crippen LogP contribution in [0.3, 0.4) is 0 Å². The maximum absolute atomic E-state index is 13.4. The molecule has 3 aromatic rings. The molecule has 0 aliphatic heterocycles. The van der Waals surface area contributed by atoms with Crippen molar-refractivity contribution in [3.05, 3.63) is 90.0 Å². The van der Waals surface area contributed by atoms with E-state index >= 15 is 0 Å². The monoisotopic (exact) mass is 450 g/mol. The third-order valence-electron chi connectivity index (χ3n) is 5.68. The summed E-state index contributed by atoms with van der Waals surface area (Å²) in [5.41, 5.74) is 2.73. The fourth-order valence-corrected chi connectivity index (χ4v) is 5.50. The van der Waals surface area contributed by atoms with Gasteiger partial charge in [-0.3, -0.25) is 9.10 Å². The number of benzene rings is 3. The van der Waals surface area contributed by atoms with E-state index in [9.17, 15) is 13.2 Å². The molecule has 1 amide bonds. The molecule has 0 radical (unpaired) electrons. The van der Waals surface area contributed by atoms with Crippen molar-refractivity contribution in [3.63, 3.8) is 0 Å². The summed E-state index contributed by atoms with van der Waals surface area (Å²) in [7, 11) is -2.39. The van der Waals surface area contributed by atoms with E-state index < -0.39 is 10.0 Å². The van der Waals surface area contributed by atoms with E-state index in [1.807, 2.05) is 18.2 Å². The minimum absolute atomic E-state index is 0.121. The highest BCUT2D eigenvalue weighted by Gasteiger charge is 2.29. The molecule has 1 aliphatic carbocycles. The van der Waals surface area contributed by atoms with Crippen LogP contribution in [-0.4, -0.2) is 28.0 Å². The lowest BCUT2D eigenvalue weighted by molar-refractivity contribution is -0.120. The molecule has 6 nitrogen and oxygen atoms in total. The summed E-state index contributed by atoms with van der Waals surface area (Å²) in [4.78, 5) is 13.2. The Morgan fingerprint density at radius 2 is 1.69 bits per heavy atom. The number of rotatable bonds is 7. The zero-order chi connectivity index (χ0) is 22.6. The smallest absolute Gasteiger partial charge is 0.264 e. The average molecular weight is 451 g/mol. The van der Waals surface area contributed by atoms with Gasteiger partial charge >= 0.3 is 0 Å². The Morgan fingerprint density at radius 3 is 2.41 bits per heavy atom. The summed E-state index contributed by atoms with van der Waals surface area (Å²) < 4.78 is 33.2. The Labute approximate surface area is 188 Å². The first-order valence-corrected chi connectivity index (χ1v) is 12.0. The summed E-state index contributed by atoms with van der Waals surface area (Å²) in [5, 5.41) is 3.05. The average Bonchev–Trinajstić information content (AvgIpc) is 2.83. The van der Waals surface area contributed by atoms with Crippen molar-refractivity contribution >= 4 is 21.6 Å². The molecule has 0 bridgehead atoms. The number of nitrogens with one attached hydrogen (secondary N) is 1. The maximum Gasteiger partial charge on any atom is 0.264 e. The summed E-state index contributed by atoms with van der Waals surface area (Å²) in [6.45, 7) is -0.317. The second-order valence-corrected chi connectivity index (χ2v) is 9.60. The highest BCUT2D eigenvalue weighted by molar-refractivity contribution is 7.92. The highest BCUT2D eigenvalue weighted by Crippen LogP contribution is 2.30. The first-order valence-electron chi connectivity index (χ1n) is 10.6. The van der Waals surface area contributed by atoms with E-state index in [-0.39, 0.29) is 23.4 Å². The van der Waals surface area contributed by atoms with Crippen LogP contribution in [0.5, 0.6) is 5.75 Å². The number of aryl methyl sites for hydroxylation is 1. The molecule has 0 spiro atoms. The fourth-order valence-electron chi connectivity index (χ4n) is 4.06. The molecule has 0 fully saturated rings. The van der Waals surface area contributed by atoms with Crippen LogP contribution in [0.1, 0.15) is 30.0 Å². The number of hydrogen-bond donors (Lipinski definition) is 1. The Hall–Kier alpha value is -3.32. The molecular weight excluding hydrogens is 424 g/mol. The first kappa shape index (κ1) is 21.9. The van der Waals surface area contributed by atoms with Gasteiger partial charge in [0, 0.05) is 0 Å². The summed E-state index contributed by atoms with van der Waals surface area (Å²) in [5.74, 6) is 0.260. The lowest BCUT2D eigenvalue weighted by atomic mass is 9.88. The van der Waals surface area contributed by atoms with Gasteiger partial charge < -0.3 is 10.1 Å². The molecule has 3 aromatic carbocycles. The molecule has 7 heteroatoms. The maximum atomic E-state index is 13.4. The third kappa shape index (κ3) is 4.62. The highest BCUT2D eigenvalue weighted by atomic mass is 32.2. The third-order valence-corrected chi connectivity index (χ3v) is 7.47. The zero-order valence-corrected chi connectivity index (χ0v) is 18.7. The number of nitrogens with zero attached hydrogens (tertiary/aromatic N) is 1. The largest absolute Gasteiger partial charge is 0.497 e. The van der Waals surface area contributed by atoms with Crippen LogP contribution in [0.2, 0.25) is 0 Å². The van der Waals surface area contributed by atoms with Crippen molar-refractivity contribution < 1.29 is 17.9 Å². The van der Waals surface area contributed by atoms with E-state index in [1.165, 1.54) is 17.7 Å². The summed E-state index contributed by atoms with van der Waals surface area (Å²) >= 11 is 0. The molecule has 1 aliphatic rings. The van der Waals surface area contributed by atoms with Gasteiger partial charge in [0.2, 0.25) is 5.91 Å². The van der Waals surface area contributed by atoms with Gasteiger partial charge in [-0.2, -0.15) is 0 Å². The number of anilines is 1. The zero-order valence-electron chi connectivity index (χ0n) is 17.9. The Morgan fingerprint density at radius 1 is 1.00 bits per heavy atom. The normalized spacial score (nSPS) is 15.5. The molecule has 0 aromatic heterocycles. The van der Waals surface area contributed by atoms with E-state index in [1.54, 1.807) is 49.6 Å². The number of amides is 1. The molecule has 1 N–H and O–H groups in total. The van der Waals surface area contributed by atoms with Crippen LogP contribution >= 0.6 is 0 Å². The lowest BCUT2D eigenvalue weighted by Gasteiger charge is -2.28. The van der Waals surface area contributed by atoms with Crippen LogP contribution in [0, 0.1) is 0 Å². The standard InChI is InChI=1S/C25H26N2O4S/c1-31-21-16-14-20(15-17-21)27(32(29,30)22-10-3-2-4-11-22)18-25(28)26-24-13-7-9-19-8-5-6-12-23(19)24/h2-6,8,10-12,14-17,24H,7,9,13,18H2,1H3,(H,26,28)/t24-/m1/s1. The molecule has 1 atom stereocenters. The molecule has 0 unspecified atom stereocenters. The van der Waals surface area contributed by atoms with Gasteiger partial charge in [0.1, 0.15) is 12.3 Å². The number of ether oxygens (including phenoxy) is 1. The Balaban J connectivity index is 1.61. The van der Waals surface area contributed by atoms with Gasteiger partial charge in [0.15, 0.2) is 0 Å². The van der Waals surface area contributed by atoms with Crippen molar-refractivity contribution in [3.8, 4) is 5.75 Å². The minimum atomic E-state index is -3.94. The summed E-state index contributed by atoms with van der Waals surface area (Å²) in [6, 6.07) is 22.7. The Bertz CT molecular complexity index is 1180. The lowest BCUT2D eigenvalue weighted by Crippen LogP contribution is -2.42. The van der Waals surface area contributed by atoms with Crippen LogP contribution in [0.25, 0.3) is 0 Å². The van der Waals surface area contributed by atoms with Crippen LogP contribution in [0.4, 0.5) is 5.69 Å². The van der Waals surface area contributed by atoms with Crippen LogP contribution in [-0.2, 0) is 21.2 Å². The van der Waals surface area contributed by atoms with Crippen LogP contribution < -0.4 is 14.4 Å². The van der Waals surface area contributed by atoms with Gasteiger partial charge in [0.25, 0.3) is 10.0 Å². The predicted molar refractivity (Wildman–Crippen MR) is 124 cm³/mol. The Kier molecular flexibility index (Phi) is 6.46. The molecule has 166 valence electrons. The number of fused-ring (bicyclic) bond motifs is 1. The number of sulfonamides is 1. The van der Waals surface area contributed by atoms with E-state index in [0.29, 0.717) is 11.4 Å². The van der Waals surface area contributed by atoms with Crippen molar-refractivity contribution in [1.82, 2.24) is 5.32 Å². The number of carbonyl (C=O) groups excluding carboxylic acids is 1. The quantitative estimate of drug-likeness (QED) is 0.588. The van der Waals surface area contributed by atoms with Crippen molar-refractivity contribution in [2.24, 2.45) is 0 Å². The van der Waals surface area contributed by atoms with E-state index in [4.69, 9.17) is 4.74 Å². The molecule has 4 rings (SSSR count). The van der Waals surface area contributed by atoms with Gasteiger partial charge in [-0.1, -0.05) is 42.5 Å². The molecule has 0 saturated carbocycles. The van der Waals surface area contributed by atoms with E-state index in [0.717, 1.165) is 29.1 Å². The second kappa shape index (κ2) is 9.44.